The van der Waals surface area contributed by atoms with Crippen molar-refractivity contribution in [3.63, 3.8) is 0 Å². The molecule has 0 fully saturated rings. The topological polar surface area (TPSA) is 38.3 Å². The third-order valence-corrected chi connectivity index (χ3v) is 4.48. The van der Waals surface area contributed by atoms with Gasteiger partial charge in [0, 0.05) is 6.42 Å². The van der Waals surface area contributed by atoms with E-state index >= 15 is 0 Å². The van der Waals surface area contributed by atoms with E-state index < -0.39 is 17.6 Å². The zero-order valence-corrected chi connectivity index (χ0v) is 15.9. The summed E-state index contributed by atoms with van der Waals surface area (Å²) in [4.78, 5) is 12.4. The number of amides is 1. The number of alkyl halides is 3. The number of ether oxygens (including phenoxy) is 1. The van der Waals surface area contributed by atoms with Crippen molar-refractivity contribution >= 4 is 23.2 Å². The maximum Gasteiger partial charge on any atom is 0.418 e. The van der Waals surface area contributed by atoms with E-state index in [0.29, 0.717) is 18.8 Å². The van der Waals surface area contributed by atoms with Crippen LogP contribution in [0.15, 0.2) is 72.8 Å². The summed E-state index contributed by atoms with van der Waals surface area (Å²) in [6.45, 7) is 0.421. The summed E-state index contributed by atoms with van der Waals surface area (Å²) in [5, 5.41) is 2.36. The van der Waals surface area contributed by atoms with Crippen LogP contribution in [0.25, 0.3) is 0 Å². The highest BCUT2D eigenvalue weighted by atomic mass is 35.5. The molecule has 0 aromatic heterocycles. The van der Waals surface area contributed by atoms with Crippen LogP contribution in [0.1, 0.15) is 21.5 Å². The Kier molecular flexibility index (Phi) is 6.44. The predicted octanol–water partition coefficient (Wildman–Crippen LogP) is 6.23. The molecule has 0 radical (unpaired) electrons. The van der Waals surface area contributed by atoms with Crippen LogP contribution in [0.3, 0.4) is 0 Å². The first-order chi connectivity index (χ1) is 13.8. The van der Waals surface area contributed by atoms with Gasteiger partial charge >= 0.3 is 6.18 Å². The lowest BCUT2D eigenvalue weighted by Gasteiger charge is -2.14. The van der Waals surface area contributed by atoms with Crippen LogP contribution in [0.4, 0.5) is 18.9 Å². The van der Waals surface area contributed by atoms with Gasteiger partial charge in [0.15, 0.2) is 0 Å². The molecular weight excluding hydrogens is 403 g/mol. The lowest BCUT2D eigenvalue weighted by Crippen LogP contribution is -2.17. The number of benzene rings is 3. The van der Waals surface area contributed by atoms with E-state index in [1.54, 1.807) is 6.07 Å². The van der Waals surface area contributed by atoms with E-state index in [-0.39, 0.29) is 16.3 Å². The van der Waals surface area contributed by atoms with Crippen LogP contribution in [0.2, 0.25) is 5.02 Å². The summed E-state index contributed by atoms with van der Waals surface area (Å²) in [7, 11) is 0. The van der Waals surface area contributed by atoms with Gasteiger partial charge in [-0.2, -0.15) is 13.2 Å². The molecule has 0 bridgehead atoms. The molecule has 3 nitrogen and oxygen atoms in total. The summed E-state index contributed by atoms with van der Waals surface area (Å²) in [6, 6.07) is 19.0. The number of para-hydroxylation sites is 1. The third kappa shape index (κ3) is 5.51. The van der Waals surface area contributed by atoms with Crippen molar-refractivity contribution in [2.24, 2.45) is 0 Å². The molecule has 0 unspecified atom stereocenters. The second-order valence-corrected chi connectivity index (χ2v) is 6.63. The summed E-state index contributed by atoms with van der Waals surface area (Å²) in [6.07, 6.45) is -3.88. The minimum atomic E-state index is -4.58. The highest BCUT2D eigenvalue weighted by molar-refractivity contribution is 6.34. The maximum atomic E-state index is 13.1. The molecule has 150 valence electrons. The van der Waals surface area contributed by atoms with Crippen molar-refractivity contribution in [1.82, 2.24) is 0 Å². The van der Waals surface area contributed by atoms with Crippen molar-refractivity contribution < 1.29 is 22.7 Å². The normalized spacial score (nSPS) is 11.2. The quantitative estimate of drug-likeness (QED) is 0.514. The molecule has 0 saturated carbocycles. The zero-order valence-electron chi connectivity index (χ0n) is 15.2. The average molecular weight is 420 g/mol. The molecule has 1 N–H and O–H groups in total. The van der Waals surface area contributed by atoms with Crippen molar-refractivity contribution in [3.8, 4) is 5.75 Å². The van der Waals surface area contributed by atoms with Crippen LogP contribution in [-0.2, 0) is 12.6 Å². The van der Waals surface area contributed by atoms with Crippen molar-refractivity contribution in [3.05, 3.63) is 94.5 Å². The van der Waals surface area contributed by atoms with Crippen molar-refractivity contribution in [1.29, 1.82) is 0 Å². The highest BCUT2D eigenvalue weighted by Crippen LogP contribution is 2.35. The maximum absolute atomic E-state index is 13.1. The number of hydrogen-bond acceptors (Lipinski definition) is 2. The van der Waals surface area contributed by atoms with Crippen molar-refractivity contribution in [2.75, 3.05) is 11.9 Å². The molecule has 29 heavy (non-hydrogen) atoms. The summed E-state index contributed by atoms with van der Waals surface area (Å²) in [5.74, 6) is -0.263. The van der Waals surface area contributed by atoms with Gasteiger partial charge in [-0.05, 0) is 35.9 Å². The number of carbonyl (C=O) groups excluding carboxylic acids is 1. The van der Waals surface area contributed by atoms with E-state index in [2.05, 4.69) is 5.32 Å². The van der Waals surface area contributed by atoms with E-state index in [1.165, 1.54) is 30.3 Å². The van der Waals surface area contributed by atoms with Crippen LogP contribution in [0.5, 0.6) is 5.75 Å². The smallest absolute Gasteiger partial charge is 0.418 e. The molecule has 0 aliphatic heterocycles. The van der Waals surface area contributed by atoms with Crippen LogP contribution < -0.4 is 10.1 Å². The fraction of sp³-hybridized carbons (Fsp3) is 0.136. The lowest BCUT2D eigenvalue weighted by molar-refractivity contribution is -0.136. The molecule has 3 aromatic carbocycles. The third-order valence-electron chi connectivity index (χ3n) is 4.17. The fourth-order valence-corrected chi connectivity index (χ4v) is 2.99. The second-order valence-electron chi connectivity index (χ2n) is 6.22. The molecule has 0 heterocycles. The van der Waals surface area contributed by atoms with Gasteiger partial charge in [0.2, 0.25) is 0 Å². The first kappa shape index (κ1) is 20.7. The van der Waals surface area contributed by atoms with Gasteiger partial charge < -0.3 is 10.1 Å². The first-order valence-electron chi connectivity index (χ1n) is 8.78. The number of halogens is 4. The molecule has 3 aromatic rings. The van der Waals surface area contributed by atoms with E-state index in [1.807, 2.05) is 30.3 Å². The van der Waals surface area contributed by atoms with Crippen molar-refractivity contribution in [2.45, 2.75) is 12.6 Å². The number of anilines is 1. The Morgan fingerprint density at radius 3 is 2.34 bits per heavy atom. The number of carbonyl (C=O) groups is 1. The van der Waals surface area contributed by atoms with Gasteiger partial charge in [0.25, 0.3) is 5.91 Å². The molecule has 0 aliphatic carbocycles. The monoisotopic (exact) mass is 419 g/mol. The van der Waals surface area contributed by atoms with E-state index in [4.69, 9.17) is 16.3 Å². The molecule has 0 spiro atoms. The van der Waals surface area contributed by atoms with E-state index in [9.17, 15) is 18.0 Å². The Hall–Kier alpha value is -2.99. The molecule has 0 saturated heterocycles. The predicted molar refractivity (Wildman–Crippen MR) is 106 cm³/mol. The van der Waals surface area contributed by atoms with Gasteiger partial charge in [0.1, 0.15) is 5.75 Å². The molecule has 3 rings (SSSR count). The Bertz CT molecular complexity index is 991. The van der Waals surface area contributed by atoms with Crippen LogP contribution in [0, 0.1) is 0 Å². The largest absolute Gasteiger partial charge is 0.493 e. The highest BCUT2D eigenvalue weighted by Gasteiger charge is 2.33. The van der Waals surface area contributed by atoms with Crippen LogP contribution >= 0.6 is 11.6 Å². The zero-order chi connectivity index (χ0) is 20.9. The number of rotatable bonds is 6. The van der Waals surface area contributed by atoms with Gasteiger partial charge in [-0.1, -0.05) is 54.1 Å². The fourth-order valence-electron chi connectivity index (χ4n) is 2.73. The van der Waals surface area contributed by atoms with Gasteiger partial charge in [-0.15, -0.1) is 0 Å². The summed E-state index contributed by atoms with van der Waals surface area (Å²) >= 11 is 6.15. The molecular formula is C22H17ClF3NO2. The Labute approximate surface area is 171 Å². The lowest BCUT2D eigenvalue weighted by atomic mass is 10.1. The molecule has 1 amide bonds. The summed E-state index contributed by atoms with van der Waals surface area (Å²) < 4.78 is 44.9. The SMILES string of the molecule is O=C(Nc1ccccc1C(F)(F)F)c1ccc(OCCc2ccccc2)cc1Cl. The molecule has 0 atom stereocenters. The minimum absolute atomic E-state index is 0.0547. The minimum Gasteiger partial charge on any atom is -0.493 e. The molecule has 0 aliphatic rings. The van der Waals surface area contributed by atoms with E-state index in [0.717, 1.165) is 11.6 Å². The average Bonchev–Trinajstić information content (AvgIpc) is 2.68. The number of nitrogens with one attached hydrogen (secondary N) is 1. The Morgan fingerprint density at radius 2 is 1.66 bits per heavy atom. The summed E-state index contributed by atoms with van der Waals surface area (Å²) in [5.41, 5.74) is -0.0772. The first-order valence-corrected chi connectivity index (χ1v) is 9.16. The molecule has 7 heteroatoms. The number of hydrogen-bond donors (Lipinski definition) is 1. The standard InChI is InChI=1S/C22H17ClF3NO2/c23-19-14-16(29-13-12-15-6-2-1-3-7-15)10-11-17(19)21(28)27-20-9-5-4-8-18(20)22(24,25)26/h1-11,14H,12-13H2,(H,27,28). The Balaban J connectivity index is 1.66. The Morgan fingerprint density at radius 1 is 0.966 bits per heavy atom. The van der Waals surface area contributed by atoms with Gasteiger partial charge in [-0.3, -0.25) is 4.79 Å². The van der Waals surface area contributed by atoms with Crippen LogP contribution in [-0.4, -0.2) is 12.5 Å². The second kappa shape index (κ2) is 9.01. The van der Waals surface area contributed by atoms with Gasteiger partial charge in [-0.25, -0.2) is 0 Å². The van der Waals surface area contributed by atoms with Gasteiger partial charge in [0.05, 0.1) is 28.4 Å².